The summed E-state index contributed by atoms with van der Waals surface area (Å²) in [7, 11) is 1.66. The Balaban J connectivity index is 0. The van der Waals surface area contributed by atoms with Gasteiger partial charge in [0.05, 0.1) is 13.5 Å². The molecule has 0 aromatic rings. The smallest absolute Gasteiger partial charge is 0.105 e. The molecule has 1 rings (SSSR count). The van der Waals surface area contributed by atoms with E-state index in [4.69, 9.17) is 4.74 Å². The number of allylic oxidation sites excluding steroid dienone is 2. The molecule has 11 heavy (non-hydrogen) atoms. The van der Waals surface area contributed by atoms with Crippen molar-refractivity contribution in [3.63, 3.8) is 0 Å². The summed E-state index contributed by atoms with van der Waals surface area (Å²) >= 11 is 0. The minimum atomic E-state index is 0. The number of methoxy groups -OCH3 is 1. The second-order valence-electron chi connectivity index (χ2n) is 1.91. The average molecular weight is 222 g/mol. The maximum atomic E-state index is 4.97. The first-order valence-electron chi connectivity index (χ1n) is 2.85. The van der Waals surface area contributed by atoms with Gasteiger partial charge in [-0.3, -0.25) is 0 Å². The summed E-state index contributed by atoms with van der Waals surface area (Å²) in [5.41, 5.74) is 4.13. The molecular formula is C8H9ClOZn-. The molecule has 0 bridgehead atoms. The molecule has 0 aliphatic heterocycles. The molecule has 1 aliphatic carbocycles. The zero-order chi connectivity index (χ0) is 6.69. The predicted octanol–water partition coefficient (Wildman–Crippen LogP) is -1.16. The number of hydrogen-bond donors (Lipinski definition) is 0. The van der Waals surface area contributed by atoms with Gasteiger partial charge in [0.15, 0.2) is 0 Å². The Morgan fingerprint density at radius 3 is 2.45 bits per heavy atom. The van der Waals surface area contributed by atoms with Crippen molar-refractivity contribution in [2.24, 2.45) is 0 Å². The maximum Gasteiger partial charge on any atom is 0.105 e. The number of ether oxygens (including phenoxy) is 1. The van der Waals surface area contributed by atoms with Crippen LogP contribution in [-0.4, -0.2) is 7.11 Å². The van der Waals surface area contributed by atoms with Gasteiger partial charge in [-0.25, -0.2) is 0 Å². The molecule has 0 unspecified atom stereocenters. The van der Waals surface area contributed by atoms with Crippen LogP contribution in [0.15, 0.2) is 29.2 Å². The van der Waals surface area contributed by atoms with E-state index in [2.05, 4.69) is 5.73 Å². The van der Waals surface area contributed by atoms with E-state index < -0.39 is 0 Å². The van der Waals surface area contributed by atoms with Crippen LogP contribution in [0.1, 0.15) is 6.92 Å². The van der Waals surface area contributed by atoms with Gasteiger partial charge in [0.25, 0.3) is 0 Å². The van der Waals surface area contributed by atoms with Crippen molar-refractivity contribution >= 4 is 0 Å². The maximum absolute atomic E-state index is 4.97. The fourth-order valence-corrected chi connectivity index (χ4v) is 0.685. The van der Waals surface area contributed by atoms with E-state index in [1.54, 1.807) is 7.11 Å². The molecule has 0 aromatic carbocycles. The standard InChI is InChI=1S/C8H9O.ClH.Zn/c1-7-4-3-5-8(6-7)9-2;;/h3,5-6H,1-2H3;1H;/p-1. The van der Waals surface area contributed by atoms with Gasteiger partial charge < -0.3 is 17.1 Å². The Morgan fingerprint density at radius 1 is 1.45 bits per heavy atom. The average Bonchev–Trinajstić information content (AvgIpc) is 1.88. The van der Waals surface area contributed by atoms with E-state index >= 15 is 0 Å². The Bertz CT molecular complexity index is 202. The summed E-state index contributed by atoms with van der Waals surface area (Å²) in [6, 6.07) is 0. The number of hydrogen-bond acceptors (Lipinski definition) is 1. The van der Waals surface area contributed by atoms with E-state index in [1.165, 1.54) is 0 Å². The van der Waals surface area contributed by atoms with Crippen LogP contribution in [0.3, 0.4) is 0 Å². The molecule has 57 valence electrons. The second kappa shape index (κ2) is 6.67. The van der Waals surface area contributed by atoms with E-state index in [9.17, 15) is 0 Å². The fourth-order valence-electron chi connectivity index (χ4n) is 0.685. The van der Waals surface area contributed by atoms with Crippen molar-refractivity contribution in [1.29, 1.82) is 0 Å². The van der Waals surface area contributed by atoms with Gasteiger partial charge in [-0.15, -0.1) is 5.73 Å². The first kappa shape index (κ1) is 13.6. The number of rotatable bonds is 1. The third kappa shape index (κ3) is 4.42. The van der Waals surface area contributed by atoms with Crippen LogP contribution >= 0.6 is 0 Å². The monoisotopic (exact) mass is 220 g/mol. The first-order chi connectivity index (χ1) is 4.33. The van der Waals surface area contributed by atoms with E-state index in [1.807, 2.05) is 25.5 Å². The van der Waals surface area contributed by atoms with Crippen LogP contribution in [0.2, 0.25) is 0 Å². The zero-order valence-electron chi connectivity index (χ0n) is 6.73. The van der Waals surface area contributed by atoms with Crippen molar-refractivity contribution in [1.82, 2.24) is 0 Å². The summed E-state index contributed by atoms with van der Waals surface area (Å²) < 4.78 is 4.97. The van der Waals surface area contributed by atoms with E-state index in [0.717, 1.165) is 11.3 Å². The molecule has 1 radical (unpaired) electrons. The van der Waals surface area contributed by atoms with Gasteiger partial charge in [-0.1, -0.05) is 0 Å². The summed E-state index contributed by atoms with van der Waals surface area (Å²) in [6.45, 7) is 1.99. The summed E-state index contributed by atoms with van der Waals surface area (Å²) in [6.07, 6.45) is 5.68. The van der Waals surface area contributed by atoms with Crippen molar-refractivity contribution in [2.45, 2.75) is 6.92 Å². The van der Waals surface area contributed by atoms with Crippen molar-refractivity contribution in [2.75, 3.05) is 7.11 Å². The summed E-state index contributed by atoms with van der Waals surface area (Å²) in [5, 5.41) is 0. The van der Waals surface area contributed by atoms with Crippen LogP contribution in [0.25, 0.3) is 0 Å². The van der Waals surface area contributed by atoms with Gasteiger partial charge in [-0.2, -0.15) is 0 Å². The predicted molar refractivity (Wildman–Crippen MR) is 36.7 cm³/mol. The molecular weight excluding hydrogens is 213 g/mol. The third-order valence-electron chi connectivity index (χ3n) is 1.15. The van der Waals surface area contributed by atoms with Crippen LogP contribution in [0.5, 0.6) is 0 Å². The molecule has 3 heteroatoms. The molecule has 0 amide bonds. The quantitative estimate of drug-likeness (QED) is 0.401. The molecule has 1 nitrogen and oxygen atoms in total. The normalized spacial score (nSPS) is 13.6. The summed E-state index contributed by atoms with van der Waals surface area (Å²) in [4.78, 5) is 0. The van der Waals surface area contributed by atoms with Gasteiger partial charge in [-0.05, 0) is 24.6 Å². The van der Waals surface area contributed by atoms with Crippen LogP contribution in [0.4, 0.5) is 0 Å². The van der Waals surface area contributed by atoms with Crippen molar-refractivity contribution in [3.8, 4) is 0 Å². The Morgan fingerprint density at radius 2 is 2.09 bits per heavy atom. The third-order valence-corrected chi connectivity index (χ3v) is 1.15. The molecule has 0 atom stereocenters. The Hall–Kier alpha value is -0.0266. The topological polar surface area (TPSA) is 9.23 Å². The summed E-state index contributed by atoms with van der Waals surface area (Å²) in [5.74, 6) is 0.895. The van der Waals surface area contributed by atoms with Crippen LogP contribution < -0.4 is 12.4 Å². The number of halogens is 1. The minimum Gasteiger partial charge on any atom is -1.00 e. The van der Waals surface area contributed by atoms with Gasteiger partial charge in [0, 0.05) is 19.5 Å². The van der Waals surface area contributed by atoms with Crippen molar-refractivity contribution < 1.29 is 36.6 Å². The molecule has 0 fully saturated rings. The Kier molecular flexibility index (Phi) is 8.22. The minimum absolute atomic E-state index is 0. The fraction of sp³-hybridized carbons (Fsp3) is 0.250. The largest absolute Gasteiger partial charge is 1.00 e. The van der Waals surface area contributed by atoms with Gasteiger partial charge >= 0.3 is 0 Å². The zero-order valence-corrected chi connectivity index (χ0v) is 10.4. The molecule has 0 spiro atoms. The SMILES string of the molecule is COC1=CC=C=C(C)[CH]1.[Cl-].[Zn]. The van der Waals surface area contributed by atoms with Crippen LogP contribution in [0, 0.1) is 6.42 Å². The molecule has 0 N–H and O–H groups in total. The second-order valence-corrected chi connectivity index (χ2v) is 1.91. The van der Waals surface area contributed by atoms with Gasteiger partial charge in [0.1, 0.15) is 5.76 Å². The Labute approximate surface area is 86.4 Å². The molecule has 1 aliphatic rings. The molecule has 0 aromatic heterocycles. The van der Waals surface area contributed by atoms with Gasteiger partial charge in [0.2, 0.25) is 0 Å². The molecule has 0 saturated carbocycles. The van der Waals surface area contributed by atoms with Crippen molar-refractivity contribution in [3.05, 3.63) is 35.6 Å². The van der Waals surface area contributed by atoms with E-state index in [0.29, 0.717) is 0 Å². The first-order valence-corrected chi connectivity index (χ1v) is 2.85. The van der Waals surface area contributed by atoms with Crippen LogP contribution in [-0.2, 0) is 24.2 Å². The van der Waals surface area contributed by atoms with E-state index in [-0.39, 0.29) is 31.9 Å². The molecule has 0 heterocycles. The molecule has 0 saturated heterocycles.